The van der Waals surface area contributed by atoms with Crippen molar-refractivity contribution in [3.8, 4) is 0 Å². The van der Waals surface area contributed by atoms with E-state index in [-0.39, 0.29) is 6.61 Å². The van der Waals surface area contributed by atoms with Gasteiger partial charge in [0.2, 0.25) is 0 Å². The molecule has 0 saturated heterocycles. The van der Waals surface area contributed by atoms with E-state index in [2.05, 4.69) is 20.8 Å². The second-order valence-corrected chi connectivity index (χ2v) is 4.54. The van der Waals surface area contributed by atoms with E-state index in [9.17, 15) is 5.11 Å². The Hall–Kier alpha value is -0.580. The molecular weight excluding hydrogens is 270 g/mol. The third-order valence-corrected chi connectivity index (χ3v) is 3.24. The number of aliphatic hydroxyl groups is 2. The summed E-state index contributed by atoms with van der Waals surface area (Å²) >= 11 is 3.45. The maximum Gasteiger partial charge on any atom is 0.0772 e. The molecule has 1 aromatic carbocycles. The first-order valence-electron chi connectivity index (χ1n) is 5.43. The standard InChI is InChI=1S/C12H18BrNO2/c1-3-14(6-7-15)10-4-5-11(9(2)16)12(13)8-10/h4-5,8-9,15-16H,3,6-7H2,1-2H3/t9-/m1/s1. The Morgan fingerprint density at radius 3 is 2.56 bits per heavy atom. The van der Waals surface area contributed by atoms with Gasteiger partial charge in [0.05, 0.1) is 12.7 Å². The van der Waals surface area contributed by atoms with E-state index >= 15 is 0 Å². The second-order valence-electron chi connectivity index (χ2n) is 3.69. The van der Waals surface area contributed by atoms with Crippen molar-refractivity contribution in [2.24, 2.45) is 0 Å². The van der Waals surface area contributed by atoms with Gasteiger partial charge in [0.15, 0.2) is 0 Å². The summed E-state index contributed by atoms with van der Waals surface area (Å²) in [5.74, 6) is 0. The first-order chi connectivity index (χ1) is 7.60. The Balaban J connectivity index is 2.95. The summed E-state index contributed by atoms with van der Waals surface area (Å²) in [5, 5.41) is 18.5. The quantitative estimate of drug-likeness (QED) is 0.874. The maximum atomic E-state index is 9.51. The fraction of sp³-hybridized carbons (Fsp3) is 0.500. The van der Waals surface area contributed by atoms with Gasteiger partial charge in [-0.15, -0.1) is 0 Å². The summed E-state index contributed by atoms with van der Waals surface area (Å²) in [5.41, 5.74) is 1.93. The fourth-order valence-corrected chi connectivity index (χ4v) is 2.34. The Kier molecular flexibility index (Phi) is 5.25. The Bertz CT molecular complexity index is 342. The van der Waals surface area contributed by atoms with Gasteiger partial charge >= 0.3 is 0 Å². The summed E-state index contributed by atoms with van der Waals surface area (Å²) < 4.78 is 0.899. The SMILES string of the molecule is CCN(CCO)c1ccc([C@@H](C)O)c(Br)c1. The molecule has 1 aromatic rings. The molecule has 2 N–H and O–H groups in total. The van der Waals surface area contributed by atoms with Gasteiger partial charge in [-0.25, -0.2) is 0 Å². The summed E-state index contributed by atoms with van der Waals surface area (Å²) in [4.78, 5) is 2.08. The van der Waals surface area contributed by atoms with Crippen LogP contribution in [0.15, 0.2) is 22.7 Å². The van der Waals surface area contributed by atoms with Gasteiger partial charge in [-0.2, -0.15) is 0 Å². The van der Waals surface area contributed by atoms with E-state index in [1.165, 1.54) is 0 Å². The van der Waals surface area contributed by atoms with Crippen molar-refractivity contribution in [1.29, 1.82) is 0 Å². The number of likely N-dealkylation sites (N-methyl/N-ethyl adjacent to an activating group) is 1. The molecule has 0 fully saturated rings. The molecule has 1 atom stereocenters. The molecule has 0 amide bonds. The zero-order chi connectivity index (χ0) is 12.1. The van der Waals surface area contributed by atoms with Crippen molar-refractivity contribution in [1.82, 2.24) is 0 Å². The number of rotatable bonds is 5. The molecule has 0 aliphatic rings. The highest BCUT2D eigenvalue weighted by molar-refractivity contribution is 9.10. The van der Waals surface area contributed by atoms with Gasteiger partial charge in [0, 0.05) is 23.2 Å². The average Bonchev–Trinajstić information content (AvgIpc) is 2.25. The smallest absolute Gasteiger partial charge is 0.0772 e. The van der Waals surface area contributed by atoms with Crippen molar-refractivity contribution in [2.75, 3.05) is 24.6 Å². The highest BCUT2D eigenvalue weighted by atomic mass is 79.9. The average molecular weight is 288 g/mol. The van der Waals surface area contributed by atoms with E-state index < -0.39 is 6.10 Å². The third kappa shape index (κ3) is 3.20. The normalized spacial score (nSPS) is 12.6. The topological polar surface area (TPSA) is 43.7 Å². The van der Waals surface area contributed by atoms with Crippen LogP contribution in [0.5, 0.6) is 0 Å². The highest BCUT2D eigenvalue weighted by Crippen LogP contribution is 2.28. The van der Waals surface area contributed by atoms with Crippen LogP contribution >= 0.6 is 15.9 Å². The minimum Gasteiger partial charge on any atom is -0.395 e. The number of nitrogens with zero attached hydrogens (tertiary/aromatic N) is 1. The Labute approximate surface area is 105 Å². The number of anilines is 1. The molecule has 4 heteroatoms. The highest BCUT2D eigenvalue weighted by Gasteiger charge is 2.09. The van der Waals surface area contributed by atoms with Crippen LogP contribution in [0.2, 0.25) is 0 Å². The van der Waals surface area contributed by atoms with E-state index in [1.807, 2.05) is 25.1 Å². The molecule has 0 bridgehead atoms. The molecule has 0 saturated carbocycles. The van der Waals surface area contributed by atoms with Crippen LogP contribution in [0.3, 0.4) is 0 Å². The van der Waals surface area contributed by atoms with Crippen LogP contribution in [0.4, 0.5) is 5.69 Å². The van der Waals surface area contributed by atoms with Crippen LogP contribution < -0.4 is 4.90 Å². The van der Waals surface area contributed by atoms with E-state index in [0.29, 0.717) is 6.54 Å². The molecule has 0 unspecified atom stereocenters. The van der Waals surface area contributed by atoms with Gasteiger partial charge in [0.25, 0.3) is 0 Å². The van der Waals surface area contributed by atoms with Crippen molar-refractivity contribution < 1.29 is 10.2 Å². The Morgan fingerprint density at radius 1 is 1.44 bits per heavy atom. The van der Waals surface area contributed by atoms with E-state index in [4.69, 9.17) is 5.11 Å². The molecule has 16 heavy (non-hydrogen) atoms. The van der Waals surface area contributed by atoms with Crippen molar-refractivity contribution in [3.05, 3.63) is 28.2 Å². The number of halogens is 1. The predicted octanol–water partition coefficient (Wildman–Crippen LogP) is 2.32. The lowest BCUT2D eigenvalue weighted by Gasteiger charge is -2.23. The molecule has 3 nitrogen and oxygen atoms in total. The van der Waals surface area contributed by atoms with Gasteiger partial charge in [0.1, 0.15) is 0 Å². The fourth-order valence-electron chi connectivity index (χ4n) is 1.64. The van der Waals surface area contributed by atoms with Crippen molar-refractivity contribution in [3.63, 3.8) is 0 Å². The molecule has 1 rings (SSSR count). The molecule has 0 aliphatic carbocycles. The summed E-state index contributed by atoms with van der Waals surface area (Å²) in [6, 6.07) is 5.84. The lowest BCUT2D eigenvalue weighted by atomic mass is 10.1. The second kappa shape index (κ2) is 6.23. The van der Waals surface area contributed by atoms with Crippen LogP contribution in [0.25, 0.3) is 0 Å². The number of hydrogen-bond acceptors (Lipinski definition) is 3. The van der Waals surface area contributed by atoms with Crippen molar-refractivity contribution >= 4 is 21.6 Å². The number of benzene rings is 1. The number of aliphatic hydroxyl groups excluding tert-OH is 2. The maximum absolute atomic E-state index is 9.51. The van der Waals surface area contributed by atoms with Gasteiger partial charge in [-0.05, 0) is 31.5 Å². The minimum atomic E-state index is -0.476. The monoisotopic (exact) mass is 287 g/mol. The molecule has 90 valence electrons. The zero-order valence-corrected chi connectivity index (χ0v) is 11.2. The zero-order valence-electron chi connectivity index (χ0n) is 9.65. The summed E-state index contributed by atoms with van der Waals surface area (Å²) in [6.45, 7) is 5.40. The molecule has 0 aliphatic heterocycles. The van der Waals surface area contributed by atoms with Crippen LogP contribution in [0.1, 0.15) is 25.5 Å². The first-order valence-corrected chi connectivity index (χ1v) is 6.22. The Morgan fingerprint density at radius 2 is 2.12 bits per heavy atom. The van der Waals surface area contributed by atoms with E-state index in [0.717, 1.165) is 22.3 Å². The van der Waals surface area contributed by atoms with Crippen LogP contribution in [-0.4, -0.2) is 29.9 Å². The lowest BCUT2D eigenvalue weighted by Crippen LogP contribution is -2.26. The largest absolute Gasteiger partial charge is 0.395 e. The minimum absolute atomic E-state index is 0.142. The summed E-state index contributed by atoms with van der Waals surface area (Å²) in [7, 11) is 0. The predicted molar refractivity (Wildman–Crippen MR) is 69.7 cm³/mol. The molecule has 0 heterocycles. The molecule has 0 aromatic heterocycles. The number of hydrogen-bond donors (Lipinski definition) is 2. The first kappa shape index (κ1) is 13.5. The summed E-state index contributed by atoms with van der Waals surface area (Å²) in [6.07, 6.45) is -0.476. The molecule has 0 spiro atoms. The van der Waals surface area contributed by atoms with Gasteiger partial charge in [-0.3, -0.25) is 0 Å². The van der Waals surface area contributed by atoms with Crippen molar-refractivity contribution in [2.45, 2.75) is 20.0 Å². The third-order valence-electron chi connectivity index (χ3n) is 2.55. The lowest BCUT2D eigenvalue weighted by molar-refractivity contribution is 0.198. The van der Waals surface area contributed by atoms with Gasteiger partial charge < -0.3 is 15.1 Å². The molecular formula is C12H18BrNO2. The van der Waals surface area contributed by atoms with Crippen LogP contribution in [0, 0.1) is 0 Å². The van der Waals surface area contributed by atoms with Gasteiger partial charge in [-0.1, -0.05) is 22.0 Å². The van der Waals surface area contributed by atoms with Crippen LogP contribution in [-0.2, 0) is 0 Å². The molecule has 0 radical (unpaired) electrons. The van der Waals surface area contributed by atoms with E-state index in [1.54, 1.807) is 6.92 Å².